The van der Waals surface area contributed by atoms with Crippen molar-refractivity contribution in [2.45, 2.75) is 106 Å². The molecule has 0 aliphatic carbocycles. The van der Waals surface area contributed by atoms with E-state index < -0.39 is 51.0 Å². The second kappa shape index (κ2) is 10.7. The molecule has 0 spiro atoms. The molecule has 1 aliphatic heterocycles. The predicted molar refractivity (Wildman–Crippen MR) is 133 cm³/mol. The number of hydrogen-bond acceptors (Lipinski definition) is 8. The predicted octanol–water partition coefficient (Wildman–Crippen LogP) is 5.24. The molecule has 14 heteroatoms. The number of halogens is 4. The number of ether oxygens (including phenoxy) is 1. The third kappa shape index (κ3) is 5.11. The number of hydrogen-bond donors (Lipinski definition) is 2. The van der Waals surface area contributed by atoms with Crippen molar-refractivity contribution in [1.29, 1.82) is 0 Å². The Morgan fingerprint density at radius 2 is 1.72 bits per heavy atom. The number of nitrogens with zero attached hydrogens (tertiary/aromatic N) is 4. The topological polar surface area (TPSA) is 108 Å². The maximum absolute atomic E-state index is 16.1. The zero-order valence-corrected chi connectivity index (χ0v) is 23.3. The smallest absolute Gasteiger partial charge is 0.400 e. The number of aromatic nitrogens is 4. The van der Waals surface area contributed by atoms with Gasteiger partial charge in [-0.3, -0.25) is 0 Å². The summed E-state index contributed by atoms with van der Waals surface area (Å²) < 4.78 is 69.5. The molecular weight excluding hydrogens is 518 g/mol. The lowest BCUT2D eigenvalue weighted by molar-refractivity contribution is -0.125. The van der Waals surface area contributed by atoms with Crippen LogP contribution in [0.15, 0.2) is 11.4 Å². The minimum atomic E-state index is -4.49. The van der Waals surface area contributed by atoms with Crippen molar-refractivity contribution in [3.05, 3.63) is 6.33 Å². The van der Waals surface area contributed by atoms with Gasteiger partial charge in [-0.05, 0) is 23.5 Å². The lowest BCUT2D eigenvalue weighted by Gasteiger charge is -2.44. The minimum absolute atomic E-state index is 0.0458. The van der Waals surface area contributed by atoms with Gasteiger partial charge in [0.2, 0.25) is 8.32 Å². The van der Waals surface area contributed by atoms with E-state index in [9.17, 15) is 18.3 Å². The van der Waals surface area contributed by atoms with Gasteiger partial charge >= 0.3 is 6.18 Å². The first kappa shape index (κ1) is 29.1. The number of aliphatic hydroxyl groups excluding tert-OH is 1. The van der Waals surface area contributed by atoms with Crippen LogP contribution in [0, 0.1) is 0 Å². The first-order valence-electron chi connectivity index (χ1n) is 12.0. The van der Waals surface area contributed by atoms with Gasteiger partial charge in [-0.15, -0.1) is 0 Å². The Morgan fingerprint density at radius 3 is 2.22 bits per heavy atom. The maximum Gasteiger partial charge on any atom is 0.400 e. The van der Waals surface area contributed by atoms with E-state index in [0.717, 1.165) is 17.9 Å². The van der Waals surface area contributed by atoms with E-state index in [1.807, 2.05) is 0 Å². The highest BCUT2D eigenvalue weighted by molar-refractivity contribution is 8.00. The minimum Gasteiger partial charge on any atom is -0.407 e. The molecule has 3 N–H and O–H groups in total. The van der Waals surface area contributed by atoms with E-state index in [2.05, 4.69) is 56.6 Å². The number of aliphatic hydroxyl groups is 1. The van der Waals surface area contributed by atoms with Crippen molar-refractivity contribution in [3.63, 3.8) is 0 Å². The molecule has 0 amide bonds. The fourth-order valence-corrected chi connectivity index (χ4v) is 11.8. The summed E-state index contributed by atoms with van der Waals surface area (Å²) in [4.78, 5) is 7.99. The fraction of sp³-hybridized carbons (Fsp3) is 0.773. The van der Waals surface area contributed by atoms with Crippen LogP contribution in [0.25, 0.3) is 11.0 Å². The molecule has 8 nitrogen and oxygen atoms in total. The van der Waals surface area contributed by atoms with Crippen LogP contribution >= 0.6 is 11.8 Å². The summed E-state index contributed by atoms with van der Waals surface area (Å²) in [5.74, 6) is -0.0751. The zero-order chi connectivity index (χ0) is 27.2. The van der Waals surface area contributed by atoms with Crippen LogP contribution in [0.3, 0.4) is 0 Å². The lowest BCUT2D eigenvalue weighted by atomic mass is 10.1. The van der Waals surface area contributed by atoms with Gasteiger partial charge in [0.25, 0.3) is 0 Å². The van der Waals surface area contributed by atoms with Gasteiger partial charge in [-0.25, -0.2) is 19.0 Å². The normalized spacial score (nSPS) is 24.5. The molecular formula is C22H35F4N5O3SSi. The van der Waals surface area contributed by atoms with Crippen LogP contribution in [-0.2, 0) is 9.16 Å². The van der Waals surface area contributed by atoms with Crippen LogP contribution in [0.2, 0.25) is 16.6 Å². The summed E-state index contributed by atoms with van der Waals surface area (Å²) in [5.41, 5.74) is 6.49. The molecule has 0 radical (unpaired) electrons. The molecule has 204 valence electrons. The molecule has 1 saturated heterocycles. The molecule has 3 heterocycles. The van der Waals surface area contributed by atoms with Crippen molar-refractivity contribution < 1.29 is 31.8 Å². The highest BCUT2D eigenvalue weighted by Gasteiger charge is 2.54. The Bertz CT molecular complexity index is 1030. The van der Waals surface area contributed by atoms with Crippen molar-refractivity contribution in [1.82, 2.24) is 19.7 Å². The summed E-state index contributed by atoms with van der Waals surface area (Å²) in [6.07, 6.45) is -8.57. The van der Waals surface area contributed by atoms with Crippen LogP contribution in [-0.4, -0.2) is 69.6 Å². The molecule has 2 aromatic rings. The number of rotatable bonds is 9. The average Bonchev–Trinajstić information content (AvgIpc) is 3.28. The monoisotopic (exact) mass is 553 g/mol. The summed E-state index contributed by atoms with van der Waals surface area (Å²) in [5, 5.41) is 12.5. The van der Waals surface area contributed by atoms with Gasteiger partial charge in [-0.2, -0.15) is 18.3 Å². The highest BCUT2D eigenvalue weighted by atomic mass is 32.2. The van der Waals surface area contributed by atoms with Crippen LogP contribution < -0.4 is 5.73 Å². The number of thioether (sulfide) groups is 1. The SMILES string of the molecule is CC(Sc1nn([C@@H]2O[C@H](CO)[C@@H](O[Si](C(C)C)(C(C)C)C(C)C)[C@@H]2F)c2ncnc(N)c12)C(F)(F)F. The Hall–Kier alpha value is -1.48. The van der Waals surface area contributed by atoms with Gasteiger partial charge < -0.3 is 20.0 Å². The van der Waals surface area contributed by atoms with Crippen LogP contribution in [0.1, 0.15) is 54.7 Å². The molecule has 1 unspecified atom stereocenters. The summed E-state index contributed by atoms with van der Waals surface area (Å²) in [6, 6.07) is 0. The second-order valence-corrected chi connectivity index (χ2v) is 16.8. The van der Waals surface area contributed by atoms with E-state index in [0.29, 0.717) is 11.8 Å². The second-order valence-electron chi connectivity index (χ2n) is 10.1. The summed E-state index contributed by atoms with van der Waals surface area (Å²) in [6.45, 7) is 12.9. The van der Waals surface area contributed by atoms with Crippen molar-refractivity contribution >= 4 is 36.9 Å². The molecule has 36 heavy (non-hydrogen) atoms. The number of nitrogen functional groups attached to an aromatic ring is 1. The molecule has 3 rings (SSSR count). The van der Waals surface area contributed by atoms with Crippen molar-refractivity contribution in [2.75, 3.05) is 12.3 Å². The van der Waals surface area contributed by atoms with Gasteiger partial charge in [0.05, 0.1) is 12.0 Å². The molecule has 2 aromatic heterocycles. The van der Waals surface area contributed by atoms with Gasteiger partial charge in [0.15, 0.2) is 18.0 Å². The number of fused-ring (bicyclic) bond motifs is 1. The van der Waals surface area contributed by atoms with Crippen LogP contribution in [0.5, 0.6) is 0 Å². The average molecular weight is 554 g/mol. The quantitative estimate of drug-likeness (QED) is 0.247. The lowest BCUT2D eigenvalue weighted by Crippen LogP contribution is -2.53. The van der Waals surface area contributed by atoms with E-state index in [4.69, 9.17) is 14.9 Å². The fourth-order valence-electron chi connectivity index (χ4n) is 5.28. The molecule has 1 aliphatic rings. The van der Waals surface area contributed by atoms with Crippen molar-refractivity contribution in [2.24, 2.45) is 0 Å². The van der Waals surface area contributed by atoms with E-state index >= 15 is 4.39 Å². The van der Waals surface area contributed by atoms with E-state index in [1.54, 1.807) is 0 Å². The van der Waals surface area contributed by atoms with E-state index in [-0.39, 0.29) is 38.5 Å². The van der Waals surface area contributed by atoms with E-state index in [1.165, 1.54) is 0 Å². The first-order valence-corrected chi connectivity index (χ1v) is 15.0. The zero-order valence-electron chi connectivity index (χ0n) is 21.5. The number of alkyl halides is 4. The van der Waals surface area contributed by atoms with Crippen LogP contribution in [0.4, 0.5) is 23.4 Å². The Kier molecular flexibility index (Phi) is 8.65. The van der Waals surface area contributed by atoms with Crippen molar-refractivity contribution in [3.8, 4) is 0 Å². The molecule has 0 bridgehead atoms. The van der Waals surface area contributed by atoms with Gasteiger partial charge in [0.1, 0.15) is 34.6 Å². The largest absolute Gasteiger partial charge is 0.407 e. The number of anilines is 1. The molecule has 0 saturated carbocycles. The standard InChI is InChI=1S/C22H35F4N5O3SSi/c1-10(2)36(11(3)4,12(5)6)34-17-14(8-32)33-21(16(17)23)31-19-15(18(27)28-9-29-19)20(30-31)35-13(7)22(24,25)26/h9-14,16-17,21,32H,8H2,1-7H3,(H2,27,28,29)/t13?,14-,16+,17-,21-/m1/s1. The third-order valence-corrected chi connectivity index (χ3v) is 14.2. The Labute approximate surface area is 213 Å². The maximum atomic E-state index is 16.1. The highest BCUT2D eigenvalue weighted by Crippen LogP contribution is 2.47. The molecule has 0 aromatic carbocycles. The summed E-state index contributed by atoms with van der Waals surface area (Å²) in [7, 11) is -2.56. The first-order chi connectivity index (χ1) is 16.7. The van der Waals surface area contributed by atoms with Gasteiger partial charge in [0, 0.05) is 0 Å². The Balaban J connectivity index is 2.05. The third-order valence-electron chi connectivity index (χ3n) is 6.97. The molecule has 5 atom stereocenters. The molecule has 1 fully saturated rings. The summed E-state index contributed by atoms with van der Waals surface area (Å²) >= 11 is 0.435. The Morgan fingerprint density at radius 1 is 1.14 bits per heavy atom. The van der Waals surface area contributed by atoms with Gasteiger partial charge in [-0.1, -0.05) is 53.3 Å². The number of nitrogens with two attached hydrogens (primary N) is 1.